The van der Waals surface area contributed by atoms with Gasteiger partial charge in [0, 0.05) is 21.9 Å². The van der Waals surface area contributed by atoms with Gasteiger partial charge in [0.05, 0.1) is 11.3 Å². The smallest absolute Gasteiger partial charge is 0.313 e. The molecule has 94 valence electrons. The zero-order chi connectivity index (χ0) is 13.2. The molecular formula is C15H11NO2S. The fourth-order valence-corrected chi connectivity index (χ4v) is 2.95. The van der Waals surface area contributed by atoms with Gasteiger partial charge in [-0.25, -0.2) is 0 Å². The summed E-state index contributed by atoms with van der Waals surface area (Å²) in [5.41, 5.74) is 0.897. The molecule has 0 bridgehead atoms. The summed E-state index contributed by atoms with van der Waals surface area (Å²) >= 11 is 1.33. The lowest BCUT2D eigenvalue weighted by atomic mass is 10.1. The van der Waals surface area contributed by atoms with Crippen LogP contribution in [-0.2, 0) is 4.79 Å². The number of aromatic nitrogens is 1. The van der Waals surface area contributed by atoms with Gasteiger partial charge in [0.1, 0.15) is 0 Å². The van der Waals surface area contributed by atoms with Crippen molar-refractivity contribution >= 4 is 39.4 Å². The Labute approximate surface area is 114 Å². The summed E-state index contributed by atoms with van der Waals surface area (Å²) in [4.78, 5) is 16.1. The van der Waals surface area contributed by atoms with Gasteiger partial charge < -0.3 is 5.11 Å². The fraction of sp³-hybridized carbons (Fsp3) is 0.0667. The minimum absolute atomic E-state index is 0.0579. The van der Waals surface area contributed by atoms with Crippen LogP contribution in [0.2, 0.25) is 0 Å². The number of fused-ring (bicyclic) bond motifs is 3. The molecule has 0 radical (unpaired) electrons. The quantitative estimate of drug-likeness (QED) is 0.583. The number of aliphatic carboxylic acids is 1. The van der Waals surface area contributed by atoms with Crippen LogP contribution in [0.1, 0.15) is 0 Å². The molecule has 1 N–H and O–H groups in total. The van der Waals surface area contributed by atoms with Crippen LogP contribution in [0.5, 0.6) is 0 Å². The minimum Gasteiger partial charge on any atom is -0.481 e. The zero-order valence-electron chi connectivity index (χ0n) is 10.0. The number of carbonyl (C=O) groups is 1. The predicted molar refractivity (Wildman–Crippen MR) is 77.6 cm³/mol. The normalized spacial score (nSPS) is 10.9. The van der Waals surface area contributed by atoms with Crippen molar-refractivity contribution < 1.29 is 9.90 Å². The van der Waals surface area contributed by atoms with E-state index in [0.29, 0.717) is 0 Å². The van der Waals surface area contributed by atoms with Gasteiger partial charge in [-0.2, -0.15) is 0 Å². The standard InChI is InChI=1S/C15H11NO2S/c17-14(18)9-19-13-7-3-6-12-15(13)11-5-2-1-4-10(11)8-16-12/h1-8H,9H2,(H,17,18). The Bertz CT molecular complexity index is 770. The van der Waals surface area contributed by atoms with E-state index in [0.717, 1.165) is 26.6 Å². The number of carboxylic acid groups (broad SMARTS) is 1. The molecule has 0 fully saturated rings. The highest BCUT2D eigenvalue weighted by molar-refractivity contribution is 8.00. The summed E-state index contributed by atoms with van der Waals surface area (Å²) in [5.74, 6) is -0.752. The van der Waals surface area contributed by atoms with Crippen LogP contribution in [0.4, 0.5) is 0 Å². The number of nitrogens with zero attached hydrogens (tertiary/aromatic N) is 1. The van der Waals surface area contributed by atoms with Gasteiger partial charge in [-0.15, -0.1) is 11.8 Å². The SMILES string of the molecule is O=C(O)CSc1cccc2ncc3ccccc3c12. The molecule has 2 aromatic carbocycles. The number of thioether (sulfide) groups is 1. The third kappa shape index (κ3) is 2.27. The first kappa shape index (κ1) is 12.0. The number of hydrogen-bond acceptors (Lipinski definition) is 3. The summed E-state index contributed by atoms with van der Waals surface area (Å²) in [7, 11) is 0. The second kappa shape index (κ2) is 4.90. The van der Waals surface area contributed by atoms with Crippen molar-refractivity contribution in [3.8, 4) is 0 Å². The Balaban J connectivity index is 2.26. The summed E-state index contributed by atoms with van der Waals surface area (Å²) < 4.78 is 0. The molecule has 0 unspecified atom stereocenters. The monoisotopic (exact) mass is 269 g/mol. The lowest BCUT2D eigenvalue weighted by Gasteiger charge is -2.07. The molecule has 19 heavy (non-hydrogen) atoms. The second-order valence-corrected chi connectivity index (χ2v) is 5.20. The van der Waals surface area contributed by atoms with Crippen molar-refractivity contribution in [1.82, 2.24) is 4.98 Å². The van der Waals surface area contributed by atoms with E-state index in [1.54, 1.807) is 0 Å². The van der Waals surface area contributed by atoms with Crippen molar-refractivity contribution in [3.05, 3.63) is 48.7 Å². The highest BCUT2D eigenvalue weighted by atomic mass is 32.2. The fourth-order valence-electron chi connectivity index (χ4n) is 2.13. The van der Waals surface area contributed by atoms with Crippen LogP contribution >= 0.6 is 11.8 Å². The molecule has 0 aliphatic heterocycles. The van der Waals surface area contributed by atoms with Gasteiger partial charge in [-0.05, 0) is 17.5 Å². The molecule has 1 heterocycles. The van der Waals surface area contributed by atoms with Crippen LogP contribution in [0.25, 0.3) is 21.7 Å². The van der Waals surface area contributed by atoms with Crippen LogP contribution < -0.4 is 0 Å². The maximum atomic E-state index is 10.7. The van der Waals surface area contributed by atoms with Crippen molar-refractivity contribution in [1.29, 1.82) is 0 Å². The molecule has 0 aliphatic carbocycles. The summed E-state index contributed by atoms with van der Waals surface area (Å²) in [5, 5.41) is 12.0. The summed E-state index contributed by atoms with van der Waals surface area (Å²) in [6, 6.07) is 13.8. The third-order valence-electron chi connectivity index (χ3n) is 2.93. The molecule has 0 aliphatic rings. The number of carboxylic acids is 1. The van der Waals surface area contributed by atoms with Gasteiger partial charge in [-0.3, -0.25) is 9.78 Å². The van der Waals surface area contributed by atoms with E-state index in [1.165, 1.54) is 11.8 Å². The van der Waals surface area contributed by atoms with Crippen LogP contribution in [0.15, 0.2) is 53.6 Å². The van der Waals surface area contributed by atoms with Gasteiger partial charge in [0.15, 0.2) is 0 Å². The lowest BCUT2D eigenvalue weighted by molar-refractivity contribution is -0.133. The van der Waals surface area contributed by atoms with Gasteiger partial charge in [0.2, 0.25) is 0 Å². The van der Waals surface area contributed by atoms with Crippen LogP contribution in [-0.4, -0.2) is 21.8 Å². The molecule has 3 aromatic rings. The Morgan fingerprint density at radius 2 is 2.00 bits per heavy atom. The first-order chi connectivity index (χ1) is 9.25. The number of pyridine rings is 1. The van der Waals surface area contributed by atoms with E-state index in [1.807, 2.05) is 48.7 Å². The van der Waals surface area contributed by atoms with Crippen molar-refractivity contribution in [2.24, 2.45) is 0 Å². The topological polar surface area (TPSA) is 50.2 Å². The largest absolute Gasteiger partial charge is 0.481 e. The van der Waals surface area contributed by atoms with E-state index in [-0.39, 0.29) is 5.75 Å². The van der Waals surface area contributed by atoms with Crippen LogP contribution in [0.3, 0.4) is 0 Å². The van der Waals surface area contributed by atoms with Gasteiger partial charge in [-0.1, -0.05) is 30.3 Å². The predicted octanol–water partition coefficient (Wildman–Crippen LogP) is 3.56. The average Bonchev–Trinajstić information content (AvgIpc) is 2.44. The maximum absolute atomic E-state index is 10.7. The Hall–Kier alpha value is -2.07. The summed E-state index contributed by atoms with van der Waals surface area (Å²) in [6.45, 7) is 0. The highest BCUT2D eigenvalue weighted by Crippen LogP contribution is 2.32. The van der Waals surface area contributed by atoms with E-state index in [4.69, 9.17) is 5.11 Å². The Morgan fingerprint density at radius 3 is 2.84 bits per heavy atom. The van der Waals surface area contributed by atoms with Gasteiger partial charge >= 0.3 is 5.97 Å². The molecule has 3 nitrogen and oxygen atoms in total. The third-order valence-corrected chi connectivity index (χ3v) is 3.97. The van der Waals surface area contributed by atoms with Gasteiger partial charge in [0.25, 0.3) is 0 Å². The minimum atomic E-state index is -0.810. The molecule has 3 rings (SSSR count). The molecule has 0 saturated carbocycles. The molecule has 4 heteroatoms. The average molecular weight is 269 g/mol. The van der Waals surface area contributed by atoms with E-state index in [9.17, 15) is 4.79 Å². The lowest BCUT2D eigenvalue weighted by Crippen LogP contribution is -1.97. The number of hydrogen-bond donors (Lipinski definition) is 1. The number of rotatable bonds is 3. The highest BCUT2D eigenvalue weighted by Gasteiger charge is 2.08. The Kier molecular flexibility index (Phi) is 3.09. The van der Waals surface area contributed by atoms with Crippen molar-refractivity contribution in [3.63, 3.8) is 0 Å². The first-order valence-electron chi connectivity index (χ1n) is 5.87. The molecule has 0 saturated heterocycles. The Morgan fingerprint density at radius 1 is 1.16 bits per heavy atom. The van der Waals surface area contributed by atoms with E-state index < -0.39 is 5.97 Å². The van der Waals surface area contributed by atoms with E-state index >= 15 is 0 Å². The summed E-state index contributed by atoms with van der Waals surface area (Å²) in [6.07, 6.45) is 1.85. The van der Waals surface area contributed by atoms with Crippen molar-refractivity contribution in [2.75, 3.05) is 5.75 Å². The number of benzene rings is 2. The molecule has 0 spiro atoms. The second-order valence-electron chi connectivity index (χ2n) is 4.18. The zero-order valence-corrected chi connectivity index (χ0v) is 10.9. The first-order valence-corrected chi connectivity index (χ1v) is 6.85. The van der Waals surface area contributed by atoms with Crippen molar-refractivity contribution in [2.45, 2.75) is 4.90 Å². The molecule has 1 aromatic heterocycles. The molecular weight excluding hydrogens is 258 g/mol. The van der Waals surface area contributed by atoms with Crippen LogP contribution in [0, 0.1) is 0 Å². The molecule has 0 amide bonds. The molecule has 0 atom stereocenters. The van der Waals surface area contributed by atoms with E-state index in [2.05, 4.69) is 4.98 Å². The maximum Gasteiger partial charge on any atom is 0.313 e.